The summed E-state index contributed by atoms with van der Waals surface area (Å²) in [5, 5.41) is 9.64. The molecule has 106 valence electrons. The van der Waals surface area contributed by atoms with Crippen molar-refractivity contribution < 1.29 is 19.0 Å². The van der Waals surface area contributed by atoms with Gasteiger partial charge >= 0.3 is 0 Å². The highest BCUT2D eigenvalue weighted by molar-refractivity contribution is 5.35. The van der Waals surface area contributed by atoms with Crippen LogP contribution in [0.25, 0.3) is 0 Å². The van der Waals surface area contributed by atoms with Crippen LogP contribution in [-0.4, -0.2) is 17.2 Å². The lowest BCUT2D eigenvalue weighted by molar-refractivity contribution is 0.189. The summed E-state index contributed by atoms with van der Waals surface area (Å²) in [7, 11) is 1.53. The number of rotatable bonds is 5. The Labute approximate surface area is 116 Å². The maximum absolute atomic E-state index is 13.3. The molecule has 0 saturated heterocycles. The molecule has 2 aromatic rings. The average molecular weight is 277 g/mol. The normalized spacial score (nSPS) is 12.0. The number of aliphatic hydroxyl groups excluding tert-OH is 1. The number of nitrogens with zero attached hydrogens (tertiary/aromatic N) is 1. The molecule has 0 fully saturated rings. The second kappa shape index (κ2) is 6.34. The first-order chi connectivity index (χ1) is 9.60. The van der Waals surface area contributed by atoms with Crippen LogP contribution in [0.1, 0.15) is 24.3 Å². The highest BCUT2D eigenvalue weighted by Crippen LogP contribution is 2.26. The molecule has 5 heteroatoms. The highest BCUT2D eigenvalue weighted by atomic mass is 19.1. The minimum absolute atomic E-state index is 0.167. The molecule has 2 rings (SSSR count). The highest BCUT2D eigenvalue weighted by Gasteiger charge is 2.11. The zero-order chi connectivity index (χ0) is 14.5. The Kier molecular flexibility index (Phi) is 4.53. The van der Waals surface area contributed by atoms with Gasteiger partial charge in [0.2, 0.25) is 5.88 Å². The zero-order valence-electron chi connectivity index (χ0n) is 11.3. The molecular weight excluding hydrogens is 261 g/mol. The van der Waals surface area contributed by atoms with Crippen molar-refractivity contribution in [2.45, 2.75) is 19.6 Å². The number of halogens is 1. The Hall–Kier alpha value is -2.14. The Morgan fingerprint density at radius 3 is 2.80 bits per heavy atom. The number of hydrogen-bond donors (Lipinski definition) is 1. The fourth-order valence-electron chi connectivity index (χ4n) is 1.78. The molecule has 20 heavy (non-hydrogen) atoms. The molecule has 0 aliphatic carbocycles. The summed E-state index contributed by atoms with van der Waals surface area (Å²) in [6.45, 7) is 1.77. The van der Waals surface area contributed by atoms with Gasteiger partial charge in [0.1, 0.15) is 18.2 Å². The molecule has 0 amide bonds. The fraction of sp³-hybridized carbons (Fsp3) is 0.267. The van der Waals surface area contributed by atoms with Gasteiger partial charge in [-0.1, -0.05) is 6.07 Å². The van der Waals surface area contributed by atoms with Gasteiger partial charge in [-0.05, 0) is 25.1 Å². The number of methoxy groups -OCH3 is 1. The lowest BCUT2D eigenvalue weighted by atomic mass is 10.1. The van der Waals surface area contributed by atoms with Crippen LogP contribution in [0.15, 0.2) is 36.4 Å². The van der Waals surface area contributed by atoms with Crippen LogP contribution in [0.2, 0.25) is 0 Å². The molecular formula is C15H16FNO3. The molecule has 1 N–H and O–H groups in total. The molecule has 1 atom stereocenters. The maximum Gasteiger partial charge on any atom is 0.213 e. The third kappa shape index (κ3) is 3.45. The summed E-state index contributed by atoms with van der Waals surface area (Å²) in [6.07, 6.45) is -0.733. The van der Waals surface area contributed by atoms with Crippen LogP contribution in [0.5, 0.6) is 11.6 Å². The number of pyridine rings is 1. The molecule has 1 aromatic carbocycles. The van der Waals surface area contributed by atoms with Gasteiger partial charge in [0, 0.05) is 17.7 Å². The summed E-state index contributed by atoms with van der Waals surface area (Å²) < 4.78 is 23.8. The lowest BCUT2D eigenvalue weighted by Crippen LogP contribution is -2.03. The second-order valence-electron chi connectivity index (χ2n) is 4.32. The van der Waals surface area contributed by atoms with E-state index in [4.69, 9.17) is 9.47 Å². The first-order valence-corrected chi connectivity index (χ1v) is 6.20. The van der Waals surface area contributed by atoms with Gasteiger partial charge in [-0.15, -0.1) is 0 Å². The van der Waals surface area contributed by atoms with E-state index in [2.05, 4.69) is 4.98 Å². The molecule has 0 spiro atoms. The SMILES string of the molecule is COc1cccc(COc2cc(F)ccc2[C@@H](C)O)n1. The summed E-state index contributed by atoms with van der Waals surface area (Å²) in [4.78, 5) is 4.20. The monoisotopic (exact) mass is 277 g/mol. The van der Waals surface area contributed by atoms with Gasteiger partial charge in [0.15, 0.2) is 0 Å². The Bertz CT molecular complexity index is 587. The van der Waals surface area contributed by atoms with Gasteiger partial charge in [-0.25, -0.2) is 9.37 Å². The zero-order valence-corrected chi connectivity index (χ0v) is 11.3. The van der Waals surface area contributed by atoms with Crippen LogP contribution < -0.4 is 9.47 Å². The van der Waals surface area contributed by atoms with E-state index < -0.39 is 11.9 Å². The summed E-state index contributed by atoms with van der Waals surface area (Å²) in [5.41, 5.74) is 1.19. The molecule has 4 nitrogen and oxygen atoms in total. The maximum atomic E-state index is 13.3. The average Bonchev–Trinajstić information content (AvgIpc) is 2.45. The minimum Gasteiger partial charge on any atom is -0.487 e. The molecule has 0 aliphatic heterocycles. The van der Waals surface area contributed by atoms with Crippen LogP contribution in [0.4, 0.5) is 4.39 Å². The topological polar surface area (TPSA) is 51.6 Å². The number of hydrogen-bond acceptors (Lipinski definition) is 4. The van der Waals surface area contributed by atoms with Crippen LogP contribution in [0.3, 0.4) is 0 Å². The van der Waals surface area contributed by atoms with Gasteiger partial charge < -0.3 is 14.6 Å². The molecule has 0 radical (unpaired) electrons. The third-order valence-electron chi connectivity index (χ3n) is 2.79. The largest absolute Gasteiger partial charge is 0.487 e. The summed E-state index contributed by atoms with van der Waals surface area (Å²) >= 11 is 0. The predicted octanol–water partition coefficient (Wildman–Crippen LogP) is 2.86. The van der Waals surface area contributed by atoms with Crippen molar-refractivity contribution in [2.75, 3.05) is 7.11 Å². The Morgan fingerprint density at radius 1 is 1.30 bits per heavy atom. The van der Waals surface area contributed by atoms with Crippen molar-refractivity contribution in [1.29, 1.82) is 0 Å². The van der Waals surface area contributed by atoms with Crippen molar-refractivity contribution in [3.05, 3.63) is 53.5 Å². The van der Waals surface area contributed by atoms with Crippen molar-refractivity contribution in [1.82, 2.24) is 4.98 Å². The number of benzene rings is 1. The van der Waals surface area contributed by atoms with Crippen LogP contribution in [-0.2, 0) is 6.61 Å². The first kappa shape index (κ1) is 14.3. The molecule has 1 aromatic heterocycles. The van der Waals surface area contributed by atoms with Gasteiger partial charge in [-0.2, -0.15) is 0 Å². The van der Waals surface area contributed by atoms with Crippen molar-refractivity contribution in [3.8, 4) is 11.6 Å². The minimum atomic E-state index is -0.733. The predicted molar refractivity (Wildman–Crippen MR) is 72.2 cm³/mol. The Morgan fingerprint density at radius 2 is 2.10 bits per heavy atom. The van der Waals surface area contributed by atoms with E-state index in [1.165, 1.54) is 25.3 Å². The van der Waals surface area contributed by atoms with Crippen molar-refractivity contribution >= 4 is 0 Å². The third-order valence-corrected chi connectivity index (χ3v) is 2.79. The van der Waals surface area contributed by atoms with E-state index in [9.17, 15) is 9.50 Å². The second-order valence-corrected chi connectivity index (χ2v) is 4.32. The molecule has 1 heterocycles. The standard InChI is InChI=1S/C15H16FNO3/c1-10(18)13-7-6-11(16)8-14(13)20-9-12-4-3-5-15(17-12)19-2/h3-8,10,18H,9H2,1-2H3/t10-/m1/s1. The van der Waals surface area contributed by atoms with Crippen LogP contribution in [0, 0.1) is 5.82 Å². The molecule has 0 unspecified atom stereocenters. The fourth-order valence-corrected chi connectivity index (χ4v) is 1.78. The molecule has 0 bridgehead atoms. The van der Waals surface area contributed by atoms with E-state index in [1.807, 2.05) is 0 Å². The smallest absolute Gasteiger partial charge is 0.213 e. The Balaban J connectivity index is 2.15. The number of aliphatic hydroxyl groups is 1. The van der Waals surface area contributed by atoms with E-state index in [0.29, 0.717) is 22.9 Å². The summed E-state index contributed by atoms with van der Waals surface area (Å²) in [5.74, 6) is 0.383. The molecule has 0 saturated carbocycles. The van der Waals surface area contributed by atoms with E-state index in [-0.39, 0.29) is 6.61 Å². The number of ether oxygens (including phenoxy) is 2. The summed E-state index contributed by atoms with van der Waals surface area (Å²) in [6, 6.07) is 9.36. The first-order valence-electron chi connectivity index (χ1n) is 6.20. The van der Waals surface area contributed by atoms with E-state index in [1.54, 1.807) is 25.1 Å². The van der Waals surface area contributed by atoms with Gasteiger partial charge in [0.25, 0.3) is 0 Å². The van der Waals surface area contributed by atoms with E-state index in [0.717, 1.165) is 0 Å². The van der Waals surface area contributed by atoms with Crippen molar-refractivity contribution in [3.63, 3.8) is 0 Å². The number of aromatic nitrogens is 1. The van der Waals surface area contributed by atoms with E-state index >= 15 is 0 Å². The van der Waals surface area contributed by atoms with Gasteiger partial charge in [-0.3, -0.25) is 0 Å². The molecule has 0 aliphatic rings. The quantitative estimate of drug-likeness (QED) is 0.913. The van der Waals surface area contributed by atoms with Gasteiger partial charge in [0.05, 0.1) is 18.9 Å². The van der Waals surface area contributed by atoms with Crippen LogP contribution >= 0.6 is 0 Å². The van der Waals surface area contributed by atoms with Crippen molar-refractivity contribution in [2.24, 2.45) is 0 Å². The lowest BCUT2D eigenvalue weighted by Gasteiger charge is -2.13.